The number of anilines is 2. The van der Waals surface area contributed by atoms with E-state index in [0.717, 1.165) is 43.0 Å². The van der Waals surface area contributed by atoms with Crippen LogP contribution in [0.2, 0.25) is 10.0 Å². The number of piperazine rings is 1. The SMILES string of the molecule is Cc1cc(N2CCN(C)CC2)ccc1NC(=O)/C=C/c1ccc(Cl)cc1Cl. The Labute approximate surface area is 170 Å². The summed E-state index contributed by atoms with van der Waals surface area (Å²) in [5.41, 5.74) is 3.79. The number of halogens is 2. The van der Waals surface area contributed by atoms with Crippen LogP contribution in [-0.4, -0.2) is 44.0 Å². The third kappa shape index (κ3) is 5.25. The van der Waals surface area contributed by atoms with E-state index in [2.05, 4.69) is 34.3 Å². The van der Waals surface area contributed by atoms with E-state index < -0.39 is 0 Å². The highest BCUT2D eigenvalue weighted by Crippen LogP contribution is 2.24. The molecule has 1 heterocycles. The molecular weight excluding hydrogens is 381 g/mol. The highest BCUT2D eigenvalue weighted by molar-refractivity contribution is 6.35. The maximum Gasteiger partial charge on any atom is 0.248 e. The molecule has 6 heteroatoms. The zero-order chi connectivity index (χ0) is 19.4. The summed E-state index contributed by atoms with van der Waals surface area (Å²) in [6, 6.07) is 11.3. The number of likely N-dealkylation sites (N-methyl/N-ethyl adjacent to an activating group) is 1. The number of hydrogen-bond acceptors (Lipinski definition) is 3. The van der Waals surface area contributed by atoms with Gasteiger partial charge >= 0.3 is 0 Å². The highest BCUT2D eigenvalue weighted by atomic mass is 35.5. The summed E-state index contributed by atoms with van der Waals surface area (Å²) < 4.78 is 0. The van der Waals surface area contributed by atoms with E-state index in [0.29, 0.717) is 10.0 Å². The second-order valence-electron chi connectivity index (χ2n) is 6.78. The molecule has 0 unspecified atom stereocenters. The van der Waals surface area contributed by atoms with E-state index in [1.54, 1.807) is 24.3 Å². The standard InChI is InChI=1S/C21H23Cl2N3O/c1-15-13-18(26-11-9-25(2)10-12-26)6-7-20(15)24-21(27)8-4-16-3-5-17(22)14-19(16)23/h3-8,13-14H,9-12H2,1-2H3,(H,24,27)/b8-4+. The van der Waals surface area contributed by atoms with Crippen molar-refractivity contribution in [2.24, 2.45) is 0 Å². The Kier molecular flexibility index (Phi) is 6.42. The van der Waals surface area contributed by atoms with Crippen LogP contribution in [0.3, 0.4) is 0 Å². The predicted octanol–water partition coefficient (Wildman–Crippen LogP) is 4.71. The van der Waals surface area contributed by atoms with Crippen LogP contribution in [0.5, 0.6) is 0 Å². The Morgan fingerprint density at radius 1 is 1.07 bits per heavy atom. The minimum absolute atomic E-state index is 0.198. The molecule has 2 aromatic rings. The van der Waals surface area contributed by atoms with Gasteiger partial charge in [-0.3, -0.25) is 4.79 Å². The lowest BCUT2D eigenvalue weighted by atomic mass is 10.1. The minimum atomic E-state index is -0.198. The zero-order valence-corrected chi connectivity index (χ0v) is 17.0. The number of nitrogens with one attached hydrogen (secondary N) is 1. The Balaban J connectivity index is 1.64. The van der Waals surface area contributed by atoms with Crippen molar-refractivity contribution in [3.63, 3.8) is 0 Å². The average Bonchev–Trinajstić information content (AvgIpc) is 2.63. The molecule has 142 valence electrons. The lowest BCUT2D eigenvalue weighted by Gasteiger charge is -2.34. The van der Waals surface area contributed by atoms with Crippen LogP contribution in [0.15, 0.2) is 42.5 Å². The third-order valence-electron chi connectivity index (χ3n) is 4.71. The van der Waals surface area contributed by atoms with E-state index in [4.69, 9.17) is 23.2 Å². The van der Waals surface area contributed by atoms with Gasteiger partial charge in [0.15, 0.2) is 0 Å². The lowest BCUT2D eigenvalue weighted by molar-refractivity contribution is -0.111. The fraction of sp³-hybridized carbons (Fsp3) is 0.286. The molecule has 0 atom stereocenters. The Bertz CT molecular complexity index is 859. The second-order valence-corrected chi connectivity index (χ2v) is 7.62. The van der Waals surface area contributed by atoms with Crippen LogP contribution in [0.4, 0.5) is 11.4 Å². The van der Waals surface area contributed by atoms with Crippen molar-refractivity contribution in [2.75, 3.05) is 43.4 Å². The first-order chi connectivity index (χ1) is 12.9. The summed E-state index contributed by atoms with van der Waals surface area (Å²) >= 11 is 12.0. The van der Waals surface area contributed by atoms with Crippen LogP contribution >= 0.6 is 23.2 Å². The van der Waals surface area contributed by atoms with Crippen molar-refractivity contribution in [3.8, 4) is 0 Å². The largest absolute Gasteiger partial charge is 0.369 e. The summed E-state index contributed by atoms with van der Waals surface area (Å²) in [7, 11) is 2.14. The van der Waals surface area contributed by atoms with E-state index >= 15 is 0 Å². The van der Waals surface area contributed by atoms with Crippen molar-refractivity contribution < 1.29 is 4.79 Å². The maximum atomic E-state index is 12.3. The first-order valence-corrected chi connectivity index (χ1v) is 9.66. The van der Waals surface area contributed by atoms with Crippen molar-refractivity contribution in [3.05, 3.63) is 63.6 Å². The molecule has 27 heavy (non-hydrogen) atoms. The van der Waals surface area contributed by atoms with E-state index in [-0.39, 0.29) is 5.91 Å². The van der Waals surface area contributed by atoms with Gasteiger partial charge in [-0.05, 0) is 61.5 Å². The molecule has 0 radical (unpaired) electrons. The predicted molar refractivity (Wildman–Crippen MR) is 115 cm³/mol. The van der Waals surface area contributed by atoms with Gasteiger partial charge in [-0.2, -0.15) is 0 Å². The molecule has 1 fully saturated rings. The van der Waals surface area contributed by atoms with Crippen molar-refractivity contribution in [2.45, 2.75) is 6.92 Å². The molecule has 1 saturated heterocycles. The van der Waals surface area contributed by atoms with Crippen molar-refractivity contribution in [1.29, 1.82) is 0 Å². The number of hydrogen-bond donors (Lipinski definition) is 1. The smallest absolute Gasteiger partial charge is 0.248 e. The molecule has 0 bridgehead atoms. The first-order valence-electron chi connectivity index (χ1n) is 8.90. The number of nitrogens with zero attached hydrogens (tertiary/aromatic N) is 2. The Morgan fingerprint density at radius 2 is 1.81 bits per heavy atom. The van der Waals surface area contributed by atoms with Gasteiger partial charge in [0.1, 0.15) is 0 Å². The van der Waals surface area contributed by atoms with Crippen LogP contribution in [-0.2, 0) is 4.79 Å². The molecular formula is C21H23Cl2N3O. The molecule has 1 amide bonds. The number of amides is 1. The molecule has 1 N–H and O–H groups in total. The number of rotatable bonds is 4. The summed E-state index contributed by atoms with van der Waals surface area (Å²) in [6.45, 7) is 6.18. The van der Waals surface area contributed by atoms with Crippen LogP contribution in [0.1, 0.15) is 11.1 Å². The normalized spacial score (nSPS) is 15.3. The summed E-state index contributed by atoms with van der Waals surface area (Å²) in [4.78, 5) is 17.0. The fourth-order valence-electron chi connectivity index (χ4n) is 3.03. The monoisotopic (exact) mass is 403 g/mol. The van der Waals surface area contributed by atoms with Gasteiger partial charge < -0.3 is 15.1 Å². The zero-order valence-electron chi connectivity index (χ0n) is 15.5. The van der Waals surface area contributed by atoms with Gasteiger partial charge in [-0.15, -0.1) is 0 Å². The average molecular weight is 404 g/mol. The van der Waals surface area contributed by atoms with Crippen LogP contribution in [0, 0.1) is 6.92 Å². The van der Waals surface area contributed by atoms with Gasteiger partial charge in [0.05, 0.1) is 0 Å². The summed E-state index contributed by atoms with van der Waals surface area (Å²) in [5.74, 6) is -0.198. The highest BCUT2D eigenvalue weighted by Gasteiger charge is 2.15. The van der Waals surface area contributed by atoms with Crippen molar-refractivity contribution >= 4 is 46.6 Å². The molecule has 2 aromatic carbocycles. The molecule has 0 spiro atoms. The lowest BCUT2D eigenvalue weighted by Crippen LogP contribution is -2.44. The molecule has 1 aliphatic heterocycles. The number of carbonyl (C=O) groups excluding carboxylic acids is 1. The molecule has 0 saturated carbocycles. The van der Waals surface area contributed by atoms with Gasteiger partial charge in [-0.25, -0.2) is 0 Å². The fourth-order valence-corrected chi connectivity index (χ4v) is 3.50. The Hall–Kier alpha value is -2.01. The number of aryl methyl sites for hydroxylation is 1. The van der Waals surface area contributed by atoms with Crippen LogP contribution in [0.25, 0.3) is 6.08 Å². The van der Waals surface area contributed by atoms with Crippen LogP contribution < -0.4 is 10.2 Å². The molecule has 4 nitrogen and oxygen atoms in total. The van der Waals surface area contributed by atoms with Crippen molar-refractivity contribution in [1.82, 2.24) is 4.90 Å². The minimum Gasteiger partial charge on any atom is -0.369 e. The summed E-state index contributed by atoms with van der Waals surface area (Å²) in [6.07, 6.45) is 3.16. The van der Waals surface area contributed by atoms with Gasteiger partial charge in [-0.1, -0.05) is 29.3 Å². The van der Waals surface area contributed by atoms with Gasteiger partial charge in [0.2, 0.25) is 5.91 Å². The first kappa shape index (κ1) is 19.7. The maximum absolute atomic E-state index is 12.3. The number of benzene rings is 2. The van der Waals surface area contributed by atoms with E-state index in [1.807, 2.05) is 13.0 Å². The molecule has 0 aliphatic carbocycles. The quantitative estimate of drug-likeness (QED) is 0.750. The molecule has 1 aliphatic rings. The topological polar surface area (TPSA) is 35.6 Å². The van der Waals surface area contributed by atoms with Gasteiger partial charge in [0, 0.05) is 53.7 Å². The molecule has 0 aromatic heterocycles. The molecule has 3 rings (SSSR count). The van der Waals surface area contributed by atoms with E-state index in [1.165, 1.54) is 11.8 Å². The number of carbonyl (C=O) groups is 1. The summed E-state index contributed by atoms with van der Waals surface area (Å²) in [5, 5.41) is 4.01. The van der Waals surface area contributed by atoms with Gasteiger partial charge in [0.25, 0.3) is 0 Å². The third-order valence-corrected chi connectivity index (χ3v) is 5.28. The second kappa shape index (κ2) is 8.79. The Morgan fingerprint density at radius 3 is 2.48 bits per heavy atom. The van der Waals surface area contributed by atoms with E-state index in [9.17, 15) is 4.79 Å².